The van der Waals surface area contributed by atoms with Crippen LogP contribution in [0.15, 0.2) is 63.8 Å². The molecule has 0 unspecified atom stereocenters. The Bertz CT molecular complexity index is 915. The fourth-order valence-electron chi connectivity index (χ4n) is 2.28. The van der Waals surface area contributed by atoms with Crippen LogP contribution in [0.5, 0.6) is 0 Å². The Balaban J connectivity index is 2.19. The maximum atomic E-state index is 11.4. The van der Waals surface area contributed by atoms with Crippen LogP contribution in [0.3, 0.4) is 0 Å². The average Bonchev–Trinajstić information content (AvgIpc) is 2.55. The highest BCUT2D eigenvalue weighted by atomic mass is 16.4. The van der Waals surface area contributed by atoms with Gasteiger partial charge in [0.1, 0.15) is 5.58 Å². The highest BCUT2D eigenvalue weighted by molar-refractivity contribution is 5.89. The van der Waals surface area contributed by atoms with Gasteiger partial charge in [0.05, 0.1) is 11.3 Å². The van der Waals surface area contributed by atoms with Crippen LogP contribution < -0.4 is 10.9 Å². The molecule has 0 amide bonds. The summed E-state index contributed by atoms with van der Waals surface area (Å²) >= 11 is 0. The number of nitrogens with one attached hydrogen (secondary N) is 1. The van der Waals surface area contributed by atoms with Gasteiger partial charge >= 0.3 is 5.63 Å². The zero-order valence-electron chi connectivity index (χ0n) is 12.2. The van der Waals surface area contributed by atoms with Crippen molar-refractivity contribution in [1.29, 1.82) is 0 Å². The van der Waals surface area contributed by atoms with Gasteiger partial charge in [-0.3, -0.25) is 0 Å². The van der Waals surface area contributed by atoms with E-state index in [1.54, 1.807) is 12.1 Å². The van der Waals surface area contributed by atoms with Gasteiger partial charge in [-0.1, -0.05) is 30.0 Å². The number of hydrogen-bond donors (Lipinski definition) is 1. The van der Waals surface area contributed by atoms with E-state index in [2.05, 4.69) is 17.2 Å². The molecular weight excluding hydrogens is 274 g/mol. The highest BCUT2D eigenvalue weighted by Gasteiger charge is 2.07. The van der Waals surface area contributed by atoms with E-state index in [4.69, 9.17) is 4.42 Å². The summed E-state index contributed by atoms with van der Waals surface area (Å²) in [7, 11) is 0. The minimum absolute atomic E-state index is 0.356. The van der Waals surface area contributed by atoms with Gasteiger partial charge in [0.15, 0.2) is 0 Å². The van der Waals surface area contributed by atoms with Crippen molar-refractivity contribution in [2.45, 2.75) is 6.92 Å². The van der Waals surface area contributed by atoms with Gasteiger partial charge in [0, 0.05) is 23.6 Å². The largest absolute Gasteiger partial charge is 0.423 e. The molecule has 0 aliphatic carbocycles. The van der Waals surface area contributed by atoms with E-state index in [1.807, 2.05) is 43.3 Å². The number of fused-ring (bicyclic) bond motifs is 1. The molecular formula is C19H15NO2. The Labute approximate surface area is 128 Å². The first-order valence-corrected chi connectivity index (χ1v) is 7.16. The summed E-state index contributed by atoms with van der Waals surface area (Å²) in [4.78, 5) is 11.4. The molecule has 1 N–H and O–H groups in total. The second-order valence-corrected chi connectivity index (χ2v) is 4.80. The molecule has 0 saturated heterocycles. The third-order valence-corrected chi connectivity index (χ3v) is 3.27. The molecule has 0 radical (unpaired) electrons. The molecule has 2 aromatic carbocycles. The van der Waals surface area contributed by atoms with Crippen molar-refractivity contribution in [3.8, 4) is 11.8 Å². The maximum Gasteiger partial charge on any atom is 0.336 e. The van der Waals surface area contributed by atoms with Crippen molar-refractivity contribution in [2.24, 2.45) is 0 Å². The molecule has 0 spiro atoms. The molecule has 0 saturated carbocycles. The van der Waals surface area contributed by atoms with E-state index in [1.165, 1.54) is 6.07 Å². The standard InChI is InChI=1S/C19H15NO2/c1-2-20-17-11-12-18-16(10-13-19(21)22-18)15(17)9-8-14-6-4-3-5-7-14/h3-7,10-13,20H,2H2,1H3. The van der Waals surface area contributed by atoms with Crippen molar-refractivity contribution >= 4 is 16.7 Å². The van der Waals surface area contributed by atoms with Gasteiger partial charge in [-0.25, -0.2) is 4.79 Å². The van der Waals surface area contributed by atoms with Crippen LogP contribution in [0.4, 0.5) is 5.69 Å². The molecule has 1 aromatic heterocycles. The van der Waals surface area contributed by atoms with E-state index < -0.39 is 0 Å². The third kappa shape index (κ3) is 2.87. The first kappa shape index (κ1) is 14.0. The topological polar surface area (TPSA) is 42.2 Å². The predicted octanol–water partition coefficient (Wildman–Crippen LogP) is 3.62. The monoisotopic (exact) mass is 289 g/mol. The zero-order chi connectivity index (χ0) is 15.4. The lowest BCUT2D eigenvalue weighted by Crippen LogP contribution is -2.01. The Kier molecular flexibility index (Phi) is 3.93. The summed E-state index contributed by atoms with van der Waals surface area (Å²) in [6.45, 7) is 2.83. The Morgan fingerprint density at radius 3 is 2.59 bits per heavy atom. The van der Waals surface area contributed by atoms with Gasteiger partial charge in [0.25, 0.3) is 0 Å². The predicted molar refractivity (Wildman–Crippen MR) is 89.1 cm³/mol. The normalized spacial score (nSPS) is 10.0. The van der Waals surface area contributed by atoms with Gasteiger partial charge in [-0.05, 0) is 37.3 Å². The zero-order valence-corrected chi connectivity index (χ0v) is 12.2. The summed E-state index contributed by atoms with van der Waals surface area (Å²) in [6, 6.07) is 16.7. The Hall–Kier alpha value is -2.99. The van der Waals surface area contributed by atoms with Gasteiger partial charge < -0.3 is 9.73 Å². The van der Waals surface area contributed by atoms with Crippen molar-refractivity contribution in [3.05, 3.63) is 76.1 Å². The molecule has 0 fully saturated rings. The number of benzene rings is 2. The second kappa shape index (κ2) is 6.19. The van der Waals surface area contributed by atoms with Crippen LogP contribution in [-0.2, 0) is 0 Å². The van der Waals surface area contributed by atoms with Crippen LogP contribution >= 0.6 is 0 Å². The van der Waals surface area contributed by atoms with Crippen LogP contribution in [0, 0.1) is 11.8 Å². The molecule has 1 heterocycles. The van der Waals surface area contributed by atoms with Crippen molar-refractivity contribution in [3.63, 3.8) is 0 Å². The lowest BCUT2D eigenvalue weighted by molar-refractivity contribution is 0.561. The van der Waals surface area contributed by atoms with Crippen molar-refractivity contribution in [2.75, 3.05) is 11.9 Å². The van der Waals surface area contributed by atoms with Crippen molar-refractivity contribution < 1.29 is 4.42 Å². The molecule has 3 aromatic rings. The fraction of sp³-hybridized carbons (Fsp3) is 0.105. The second-order valence-electron chi connectivity index (χ2n) is 4.80. The first-order valence-electron chi connectivity index (χ1n) is 7.16. The summed E-state index contributed by atoms with van der Waals surface area (Å²) in [6.07, 6.45) is 0. The molecule has 3 heteroatoms. The van der Waals surface area contributed by atoms with Gasteiger partial charge in [-0.2, -0.15) is 0 Å². The minimum atomic E-state index is -0.356. The molecule has 0 aliphatic heterocycles. The Morgan fingerprint density at radius 1 is 1.00 bits per heavy atom. The van der Waals surface area contributed by atoms with Crippen LogP contribution in [0.25, 0.3) is 11.0 Å². The van der Waals surface area contributed by atoms with E-state index in [9.17, 15) is 4.79 Å². The maximum absolute atomic E-state index is 11.4. The summed E-state index contributed by atoms with van der Waals surface area (Å²) in [5.41, 5.74) is 2.91. The van der Waals surface area contributed by atoms with Crippen LogP contribution in [-0.4, -0.2) is 6.54 Å². The van der Waals surface area contributed by atoms with Crippen molar-refractivity contribution in [1.82, 2.24) is 0 Å². The summed E-state index contributed by atoms with van der Waals surface area (Å²) in [5, 5.41) is 4.13. The van der Waals surface area contributed by atoms with E-state index in [0.29, 0.717) is 5.58 Å². The SMILES string of the molecule is CCNc1ccc2oc(=O)ccc2c1C#Cc1ccccc1. The summed E-state index contributed by atoms with van der Waals surface area (Å²) < 4.78 is 5.24. The molecule has 0 aliphatic rings. The number of hydrogen-bond acceptors (Lipinski definition) is 3. The molecule has 22 heavy (non-hydrogen) atoms. The molecule has 108 valence electrons. The van der Waals surface area contributed by atoms with E-state index in [0.717, 1.165) is 28.7 Å². The number of anilines is 1. The van der Waals surface area contributed by atoms with Crippen LogP contribution in [0.2, 0.25) is 0 Å². The lowest BCUT2D eigenvalue weighted by Gasteiger charge is -2.08. The highest BCUT2D eigenvalue weighted by Crippen LogP contribution is 2.24. The fourth-order valence-corrected chi connectivity index (χ4v) is 2.28. The molecule has 3 rings (SSSR count). The molecule has 0 atom stereocenters. The first-order chi connectivity index (χ1) is 10.8. The average molecular weight is 289 g/mol. The number of rotatable bonds is 2. The van der Waals surface area contributed by atoms with E-state index >= 15 is 0 Å². The summed E-state index contributed by atoms with van der Waals surface area (Å²) in [5.74, 6) is 6.36. The smallest absolute Gasteiger partial charge is 0.336 e. The third-order valence-electron chi connectivity index (χ3n) is 3.27. The van der Waals surface area contributed by atoms with Gasteiger partial charge in [-0.15, -0.1) is 0 Å². The lowest BCUT2D eigenvalue weighted by atomic mass is 10.1. The van der Waals surface area contributed by atoms with E-state index in [-0.39, 0.29) is 5.63 Å². The molecule has 0 bridgehead atoms. The molecule has 3 nitrogen and oxygen atoms in total. The quantitative estimate of drug-likeness (QED) is 0.578. The van der Waals surface area contributed by atoms with Crippen LogP contribution in [0.1, 0.15) is 18.1 Å². The minimum Gasteiger partial charge on any atom is -0.423 e. The van der Waals surface area contributed by atoms with Gasteiger partial charge in [0.2, 0.25) is 0 Å². The Morgan fingerprint density at radius 2 is 1.82 bits per heavy atom.